The van der Waals surface area contributed by atoms with E-state index in [1.165, 1.54) is 30.5 Å². The van der Waals surface area contributed by atoms with Gasteiger partial charge in [0.15, 0.2) is 0 Å². The number of rotatable bonds is 1. The molecule has 3 aliphatic rings. The molecule has 1 spiro atoms. The summed E-state index contributed by atoms with van der Waals surface area (Å²) in [4.78, 5) is 0. The Kier molecular flexibility index (Phi) is 3.43. The third-order valence-electron chi connectivity index (χ3n) is 5.54. The molecule has 114 valence electrons. The van der Waals surface area contributed by atoms with Gasteiger partial charge >= 0.3 is 0 Å². The van der Waals surface area contributed by atoms with Crippen molar-refractivity contribution >= 4 is 5.69 Å². The summed E-state index contributed by atoms with van der Waals surface area (Å²) < 4.78 is 11.7. The number of hydrogen-bond donors (Lipinski definition) is 1. The zero-order chi connectivity index (χ0) is 14.3. The highest BCUT2D eigenvalue weighted by Gasteiger charge is 2.44. The Balaban J connectivity index is 1.61. The summed E-state index contributed by atoms with van der Waals surface area (Å²) >= 11 is 0. The first-order valence-corrected chi connectivity index (χ1v) is 8.33. The fourth-order valence-corrected chi connectivity index (χ4v) is 4.50. The van der Waals surface area contributed by atoms with E-state index < -0.39 is 0 Å². The summed E-state index contributed by atoms with van der Waals surface area (Å²) in [5, 5.41) is 3.63. The molecule has 3 aliphatic heterocycles. The van der Waals surface area contributed by atoms with Crippen LogP contribution in [0.15, 0.2) is 24.3 Å². The van der Waals surface area contributed by atoms with Crippen LogP contribution in [0.3, 0.4) is 0 Å². The Morgan fingerprint density at radius 3 is 3.00 bits per heavy atom. The first-order chi connectivity index (χ1) is 10.3. The van der Waals surface area contributed by atoms with E-state index in [1.54, 1.807) is 0 Å². The van der Waals surface area contributed by atoms with Crippen molar-refractivity contribution in [2.24, 2.45) is 5.92 Å². The first kappa shape index (κ1) is 13.6. The van der Waals surface area contributed by atoms with Gasteiger partial charge in [-0.2, -0.15) is 0 Å². The van der Waals surface area contributed by atoms with Crippen molar-refractivity contribution in [3.63, 3.8) is 0 Å². The second-order valence-electron chi connectivity index (χ2n) is 7.06. The van der Waals surface area contributed by atoms with Crippen molar-refractivity contribution in [1.29, 1.82) is 0 Å². The Labute approximate surface area is 127 Å². The number of fused-ring (bicyclic) bond motifs is 1. The lowest BCUT2D eigenvalue weighted by atomic mass is 9.71. The molecule has 0 bridgehead atoms. The third-order valence-corrected chi connectivity index (χ3v) is 5.54. The molecule has 0 radical (unpaired) electrons. The van der Waals surface area contributed by atoms with Gasteiger partial charge in [0, 0.05) is 31.4 Å². The fraction of sp³-hybridized carbons (Fsp3) is 0.667. The summed E-state index contributed by atoms with van der Waals surface area (Å²) in [7, 11) is 0. The van der Waals surface area contributed by atoms with Gasteiger partial charge in [0.25, 0.3) is 0 Å². The van der Waals surface area contributed by atoms with Gasteiger partial charge in [-0.1, -0.05) is 18.2 Å². The van der Waals surface area contributed by atoms with Gasteiger partial charge in [-0.05, 0) is 49.7 Å². The summed E-state index contributed by atoms with van der Waals surface area (Å²) in [5.74, 6) is 1.39. The Morgan fingerprint density at radius 1 is 1.24 bits per heavy atom. The van der Waals surface area contributed by atoms with E-state index in [4.69, 9.17) is 9.47 Å². The lowest BCUT2D eigenvalue weighted by Crippen LogP contribution is -2.43. The van der Waals surface area contributed by atoms with E-state index in [0.717, 1.165) is 32.2 Å². The number of hydrogen-bond acceptors (Lipinski definition) is 3. The molecule has 0 aromatic heterocycles. The van der Waals surface area contributed by atoms with Crippen molar-refractivity contribution in [2.45, 2.75) is 50.2 Å². The lowest BCUT2D eigenvalue weighted by Gasteiger charge is -2.43. The normalized spacial score (nSPS) is 39.0. The lowest BCUT2D eigenvalue weighted by molar-refractivity contribution is -0.102. The SMILES string of the molecule is CC1CC(C2CCOC3(CCOC3)C2)c2ccccc2N1. The van der Waals surface area contributed by atoms with Gasteiger partial charge < -0.3 is 14.8 Å². The van der Waals surface area contributed by atoms with Gasteiger partial charge in [0.05, 0.1) is 12.2 Å². The molecule has 4 atom stereocenters. The van der Waals surface area contributed by atoms with E-state index in [-0.39, 0.29) is 5.60 Å². The average Bonchev–Trinajstić information content (AvgIpc) is 2.94. The van der Waals surface area contributed by atoms with Gasteiger partial charge in [-0.3, -0.25) is 0 Å². The van der Waals surface area contributed by atoms with Crippen molar-refractivity contribution in [2.75, 3.05) is 25.1 Å². The minimum Gasteiger partial charge on any atom is -0.382 e. The minimum atomic E-state index is 0.0198. The molecule has 0 saturated carbocycles. The highest BCUT2D eigenvalue weighted by molar-refractivity contribution is 5.55. The monoisotopic (exact) mass is 287 g/mol. The maximum Gasteiger partial charge on any atom is 0.0939 e. The predicted octanol–water partition coefficient (Wildman–Crippen LogP) is 3.56. The second kappa shape index (κ2) is 5.29. The van der Waals surface area contributed by atoms with Crippen LogP contribution in [0.1, 0.15) is 44.1 Å². The standard InChI is InChI=1S/C18H25NO2/c1-13-10-16(15-4-2-3-5-17(15)19-13)14-6-8-21-18(11-14)7-9-20-12-18/h2-5,13-14,16,19H,6-12H2,1H3. The zero-order valence-corrected chi connectivity index (χ0v) is 12.8. The van der Waals surface area contributed by atoms with Crippen molar-refractivity contribution in [3.05, 3.63) is 29.8 Å². The van der Waals surface area contributed by atoms with E-state index in [9.17, 15) is 0 Å². The molecule has 3 heterocycles. The first-order valence-electron chi connectivity index (χ1n) is 8.33. The van der Waals surface area contributed by atoms with Crippen LogP contribution in [0, 0.1) is 5.92 Å². The highest BCUT2D eigenvalue weighted by atomic mass is 16.6. The van der Waals surface area contributed by atoms with Crippen LogP contribution in [0.2, 0.25) is 0 Å². The van der Waals surface area contributed by atoms with Crippen LogP contribution in [-0.2, 0) is 9.47 Å². The summed E-state index contributed by atoms with van der Waals surface area (Å²) in [6.07, 6.45) is 4.66. The maximum atomic E-state index is 6.12. The Bertz CT molecular complexity index is 510. The second-order valence-corrected chi connectivity index (χ2v) is 7.06. The molecule has 2 saturated heterocycles. The highest BCUT2D eigenvalue weighted by Crippen LogP contribution is 2.46. The van der Waals surface area contributed by atoms with E-state index in [0.29, 0.717) is 12.0 Å². The van der Waals surface area contributed by atoms with Gasteiger partial charge in [0.2, 0.25) is 0 Å². The molecule has 0 amide bonds. The summed E-state index contributed by atoms with van der Waals surface area (Å²) in [6, 6.07) is 9.41. The Morgan fingerprint density at radius 2 is 2.14 bits per heavy atom. The van der Waals surface area contributed by atoms with Crippen LogP contribution < -0.4 is 5.32 Å². The van der Waals surface area contributed by atoms with Crippen LogP contribution in [0.4, 0.5) is 5.69 Å². The number of nitrogens with one attached hydrogen (secondary N) is 1. The largest absolute Gasteiger partial charge is 0.382 e. The summed E-state index contributed by atoms with van der Waals surface area (Å²) in [5.41, 5.74) is 2.87. The molecule has 4 rings (SSSR count). The topological polar surface area (TPSA) is 30.5 Å². The van der Waals surface area contributed by atoms with E-state index >= 15 is 0 Å². The number of anilines is 1. The molecule has 1 aromatic rings. The average molecular weight is 287 g/mol. The van der Waals surface area contributed by atoms with Gasteiger partial charge in [-0.25, -0.2) is 0 Å². The number of para-hydroxylation sites is 1. The fourth-order valence-electron chi connectivity index (χ4n) is 4.50. The molecular weight excluding hydrogens is 262 g/mol. The van der Waals surface area contributed by atoms with Crippen molar-refractivity contribution in [1.82, 2.24) is 0 Å². The molecule has 1 N–H and O–H groups in total. The molecule has 2 fully saturated rings. The quantitative estimate of drug-likeness (QED) is 0.856. The van der Waals surface area contributed by atoms with Gasteiger partial charge in [0.1, 0.15) is 0 Å². The van der Waals surface area contributed by atoms with E-state index in [2.05, 4.69) is 36.5 Å². The minimum absolute atomic E-state index is 0.0198. The maximum absolute atomic E-state index is 6.12. The predicted molar refractivity (Wildman–Crippen MR) is 83.7 cm³/mol. The molecule has 3 heteroatoms. The van der Waals surface area contributed by atoms with Gasteiger partial charge in [-0.15, -0.1) is 0 Å². The summed E-state index contributed by atoms with van der Waals surface area (Å²) in [6.45, 7) is 4.86. The molecular formula is C18H25NO2. The van der Waals surface area contributed by atoms with Crippen molar-refractivity contribution in [3.8, 4) is 0 Å². The van der Waals surface area contributed by atoms with Crippen molar-refractivity contribution < 1.29 is 9.47 Å². The zero-order valence-electron chi connectivity index (χ0n) is 12.8. The van der Waals surface area contributed by atoms with E-state index in [1.807, 2.05) is 0 Å². The number of benzene rings is 1. The smallest absolute Gasteiger partial charge is 0.0939 e. The Hall–Kier alpha value is -1.06. The molecule has 1 aromatic carbocycles. The molecule has 3 nitrogen and oxygen atoms in total. The van der Waals surface area contributed by atoms with Crippen LogP contribution in [-0.4, -0.2) is 31.5 Å². The molecule has 21 heavy (non-hydrogen) atoms. The van der Waals surface area contributed by atoms with Crippen LogP contribution >= 0.6 is 0 Å². The van der Waals surface area contributed by atoms with Crippen LogP contribution in [0.5, 0.6) is 0 Å². The van der Waals surface area contributed by atoms with Crippen LogP contribution in [0.25, 0.3) is 0 Å². The molecule has 0 aliphatic carbocycles. The molecule has 4 unspecified atom stereocenters. The third kappa shape index (κ3) is 2.47. The number of ether oxygens (including phenoxy) is 2.